The van der Waals surface area contributed by atoms with Crippen molar-refractivity contribution in [1.82, 2.24) is 4.90 Å². The maximum absolute atomic E-state index is 13.5. The average Bonchev–Trinajstić information content (AvgIpc) is 2.76. The second-order valence-corrected chi connectivity index (χ2v) is 7.63. The Morgan fingerprint density at radius 1 is 0.966 bits per heavy atom. The summed E-state index contributed by atoms with van der Waals surface area (Å²) in [6.07, 6.45) is 1.25. The molecule has 1 aliphatic heterocycles. The molecule has 1 heterocycles. The number of rotatable bonds is 6. The molecule has 3 rings (SSSR count). The lowest BCUT2D eigenvalue weighted by Crippen LogP contribution is -2.50. The fourth-order valence-corrected chi connectivity index (χ4v) is 4.20. The van der Waals surface area contributed by atoms with E-state index in [2.05, 4.69) is 36.2 Å². The molecule has 0 bridgehead atoms. The van der Waals surface area contributed by atoms with Crippen molar-refractivity contribution in [2.75, 3.05) is 36.4 Å². The molecule has 1 saturated heterocycles. The van der Waals surface area contributed by atoms with Crippen LogP contribution in [0, 0.1) is 0 Å². The third-order valence-electron chi connectivity index (χ3n) is 6.08. The molecule has 0 aromatic heterocycles. The van der Waals surface area contributed by atoms with Crippen LogP contribution in [0.25, 0.3) is 0 Å². The third kappa shape index (κ3) is 4.44. The van der Waals surface area contributed by atoms with Gasteiger partial charge in [0.25, 0.3) is 0 Å². The number of piperidine rings is 1. The Hall–Kier alpha value is -2.82. The van der Waals surface area contributed by atoms with Gasteiger partial charge in [-0.15, -0.1) is 0 Å². The molecular formula is C24H31N3O2. The molecule has 29 heavy (non-hydrogen) atoms. The highest BCUT2D eigenvalue weighted by molar-refractivity contribution is 5.99. The number of likely N-dealkylation sites (tertiary alicyclic amines) is 1. The number of carbonyl (C=O) groups excluding carboxylic acids is 2. The Kier molecular flexibility index (Phi) is 6.57. The number of amides is 2. The summed E-state index contributed by atoms with van der Waals surface area (Å²) in [4.78, 5) is 29.3. The molecule has 0 unspecified atom stereocenters. The first kappa shape index (κ1) is 20.9. The minimum atomic E-state index is -0.620. The van der Waals surface area contributed by atoms with Gasteiger partial charge in [-0.2, -0.15) is 0 Å². The molecule has 5 heteroatoms. The van der Waals surface area contributed by atoms with Gasteiger partial charge in [-0.25, -0.2) is 0 Å². The van der Waals surface area contributed by atoms with Crippen molar-refractivity contribution in [2.45, 2.75) is 39.0 Å². The summed E-state index contributed by atoms with van der Waals surface area (Å²) in [6, 6.07) is 18.0. The normalized spacial score (nSPS) is 15.6. The van der Waals surface area contributed by atoms with Gasteiger partial charge in [0.05, 0.1) is 5.41 Å². The standard InChI is InChI=1S/C24H31N3O2/c1-4-26(5-2)22-13-11-21(12-14-22)25-23(29)24(20-9-7-6-8-10-20)15-17-27(18-16-24)19(3)28/h6-14H,4-5,15-18H2,1-3H3,(H,25,29). The van der Waals surface area contributed by atoms with E-state index >= 15 is 0 Å². The summed E-state index contributed by atoms with van der Waals surface area (Å²) < 4.78 is 0. The van der Waals surface area contributed by atoms with Gasteiger partial charge in [0, 0.05) is 44.5 Å². The molecule has 0 aliphatic carbocycles. The summed E-state index contributed by atoms with van der Waals surface area (Å²) >= 11 is 0. The lowest BCUT2D eigenvalue weighted by atomic mass is 9.72. The van der Waals surface area contributed by atoms with E-state index in [1.165, 1.54) is 0 Å². The SMILES string of the molecule is CCN(CC)c1ccc(NC(=O)C2(c3ccccc3)CCN(C(C)=O)CC2)cc1. The zero-order chi connectivity index (χ0) is 20.9. The number of nitrogens with one attached hydrogen (secondary N) is 1. The molecule has 2 aromatic rings. The van der Waals surface area contributed by atoms with Gasteiger partial charge in [0.15, 0.2) is 0 Å². The second-order valence-electron chi connectivity index (χ2n) is 7.63. The van der Waals surface area contributed by atoms with Crippen LogP contribution in [0.3, 0.4) is 0 Å². The zero-order valence-corrected chi connectivity index (χ0v) is 17.6. The molecule has 1 fully saturated rings. The van der Waals surface area contributed by atoms with Crippen LogP contribution in [-0.2, 0) is 15.0 Å². The lowest BCUT2D eigenvalue weighted by molar-refractivity contribution is -0.133. The van der Waals surface area contributed by atoms with Gasteiger partial charge < -0.3 is 15.1 Å². The number of hydrogen-bond donors (Lipinski definition) is 1. The zero-order valence-electron chi connectivity index (χ0n) is 17.6. The summed E-state index contributed by atoms with van der Waals surface area (Å²) in [5.41, 5.74) is 2.35. The number of hydrogen-bond acceptors (Lipinski definition) is 3. The van der Waals surface area contributed by atoms with E-state index in [-0.39, 0.29) is 11.8 Å². The van der Waals surface area contributed by atoms with Crippen LogP contribution in [0.2, 0.25) is 0 Å². The van der Waals surface area contributed by atoms with Gasteiger partial charge in [0.1, 0.15) is 0 Å². The molecule has 2 amide bonds. The van der Waals surface area contributed by atoms with Crippen molar-refractivity contribution in [3.8, 4) is 0 Å². The van der Waals surface area contributed by atoms with Crippen molar-refractivity contribution in [3.05, 3.63) is 60.2 Å². The smallest absolute Gasteiger partial charge is 0.235 e. The highest BCUT2D eigenvalue weighted by Crippen LogP contribution is 2.37. The van der Waals surface area contributed by atoms with E-state index < -0.39 is 5.41 Å². The van der Waals surface area contributed by atoms with Crippen LogP contribution >= 0.6 is 0 Å². The highest BCUT2D eigenvalue weighted by atomic mass is 16.2. The molecule has 1 N–H and O–H groups in total. The Morgan fingerprint density at radius 2 is 1.55 bits per heavy atom. The molecule has 154 valence electrons. The second kappa shape index (κ2) is 9.12. The Bertz CT molecular complexity index is 821. The predicted molar refractivity (Wildman–Crippen MR) is 118 cm³/mol. The van der Waals surface area contributed by atoms with Crippen LogP contribution in [0.15, 0.2) is 54.6 Å². The number of anilines is 2. The van der Waals surface area contributed by atoms with Crippen molar-refractivity contribution >= 4 is 23.2 Å². The van der Waals surface area contributed by atoms with E-state index in [0.717, 1.165) is 30.0 Å². The van der Waals surface area contributed by atoms with Gasteiger partial charge in [0.2, 0.25) is 11.8 Å². The number of carbonyl (C=O) groups is 2. The third-order valence-corrected chi connectivity index (χ3v) is 6.08. The highest BCUT2D eigenvalue weighted by Gasteiger charge is 2.43. The maximum Gasteiger partial charge on any atom is 0.235 e. The van der Waals surface area contributed by atoms with Crippen molar-refractivity contribution in [1.29, 1.82) is 0 Å². The van der Waals surface area contributed by atoms with E-state index in [1.807, 2.05) is 47.4 Å². The Balaban J connectivity index is 1.82. The average molecular weight is 394 g/mol. The summed E-state index contributed by atoms with van der Waals surface area (Å²) in [6.45, 7) is 8.95. The van der Waals surface area contributed by atoms with Crippen LogP contribution in [0.4, 0.5) is 11.4 Å². The van der Waals surface area contributed by atoms with Gasteiger partial charge in [-0.3, -0.25) is 9.59 Å². The van der Waals surface area contributed by atoms with E-state index in [1.54, 1.807) is 6.92 Å². The maximum atomic E-state index is 13.5. The van der Waals surface area contributed by atoms with Crippen molar-refractivity contribution < 1.29 is 9.59 Å². The summed E-state index contributed by atoms with van der Waals surface area (Å²) in [7, 11) is 0. The van der Waals surface area contributed by atoms with E-state index in [4.69, 9.17) is 0 Å². The molecule has 0 radical (unpaired) electrons. The van der Waals surface area contributed by atoms with E-state index in [0.29, 0.717) is 25.9 Å². The monoisotopic (exact) mass is 393 g/mol. The minimum Gasteiger partial charge on any atom is -0.372 e. The Morgan fingerprint density at radius 3 is 2.07 bits per heavy atom. The summed E-state index contributed by atoms with van der Waals surface area (Å²) in [5.74, 6) is 0.0709. The topological polar surface area (TPSA) is 52.7 Å². The molecule has 5 nitrogen and oxygen atoms in total. The fourth-order valence-electron chi connectivity index (χ4n) is 4.20. The molecule has 1 aliphatic rings. The van der Waals surface area contributed by atoms with Crippen LogP contribution < -0.4 is 10.2 Å². The van der Waals surface area contributed by atoms with Gasteiger partial charge in [-0.05, 0) is 56.5 Å². The lowest BCUT2D eigenvalue weighted by Gasteiger charge is -2.40. The van der Waals surface area contributed by atoms with E-state index in [9.17, 15) is 9.59 Å². The quantitative estimate of drug-likeness (QED) is 0.805. The Labute approximate surface area is 173 Å². The molecule has 0 spiro atoms. The predicted octanol–water partition coefficient (Wildman–Crippen LogP) is 4.05. The number of nitrogens with zero attached hydrogens (tertiary/aromatic N) is 2. The van der Waals surface area contributed by atoms with Gasteiger partial charge in [-0.1, -0.05) is 30.3 Å². The van der Waals surface area contributed by atoms with Crippen LogP contribution in [-0.4, -0.2) is 42.9 Å². The largest absolute Gasteiger partial charge is 0.372 e. The molecule has 0 saturated carbocycles. The number of benzene rings is 2. The van der Waals surface area contributed by atoms with Crippen molar-refractivity contribution in [3.63, 3.8) is 0 Å². The summed E-state index contributed by atoms with van der Waals surface area (Å²) in [5, 5.41) is 3.14. The van der Waals surface area contributed by atoms with Gasteiger partial charge >= 0.3 is 0 Å². The van der Waals surface area contributed by atoms with Crippen LogP contribution in [0.5, 0.6) is 0 Å². The molecule has 0 atom stereocenters. The fraction of sp³-hybridized carbons (Fsp3) is 0.417. The van der Waals surface area contributed by atoms with Crippen LogP contribution in [0.1, 0.15) is 39.2 Å². The van der Waals surface area contributed by atoms with Crippen molar-refractivity contribution in [2.24, 2.45) is 0 Å². The molecule has 2 aromatic carbocycles. The first-order valence-corrected chi connectivity index (χ1v) is 10.5. The first-order valence-electron chi connectivity index (χ1n) is 10.5. The first-order chi connectivity index (χ1) is 14.0. The molecular weight excluding hydrogens is 362 g/mol. The minimum absolute atomic E-state index is 0.00231.